The average Bonchev–Trinajstić information content (AvgIpc) is 3.47. The highest BCUT2D eigenvalue weighted by atomic mass is 35.5. The second-order valence-electron chi connectivity index (χ2n) is 11.2. The summed E-state index contributed by atoms with van der Waals surface area (Å²) in [5, 5.41) is 10.1. The van der Waals surface area contributed by atoms with Gasteiger partial charge in [-0.1, -0.05) is 23.7 Å². The van der Waals surface area contributed by atoms with Crippen LogP contribution in [0.15, 0.2) is 54.7 Å². The van der Waals surface area contributed by atoms with Gasteiger partial charge in [-0.2, -0.15) is 0 Å². The van der Waals surface area contributed by atoms with Gasteiger partial charge in [0.2, 0.25) is 0 Å². The first kappa shape index (κ1) is 26.3. The molecule has 0 spiro atoms. The van der Waals surface area contributed by atoms with Crippen molar-refractivity contribution in [1.29, 1.82) is 0 Å². The zero-order chi connectivity index (χ0) is 28.1. The van der Waals surface area contributed by atoms with Crippen LogP contribution in [0.4, 0.5) is 0 Å². The van der Waals surface area contributed by atoms with Crippen molar-refractivity contribution in [2.24, 2.45) is 0 Å². The SMILES string of the molecule is CC1(c2ccc(Cl)cn2)Oc2cccc(C3CCN(Cc4nc5ccc(C(=O)O)cc5n4CC4CCO4)CC3)c2O1. The lowest BCUT2D eigenvalue weighted by molar-refractivity contribution is -0.0722. The van der Waals surface area contributed by atoms with Crippen LogP contribution < -0.4 is 9.47 Å². The summed E-state index contributed by atoms with van der Waals surface area (Å²) < 4.78 is 20.6. The first-order valence-corrected chi connectivity index (χ1v) is 14.4. The number of rotatable bonds is 7. The Kier molecular flexibility index (Phi) is 6.60. The van der Waals surface area contributed by atoms with Gasteiger partial charge in [0.15, 0.2) is 11.5 Å². The molecule has 3 aliphatic rings. The Balaban J connectivity index is 1.07. The maximum absolute atomic E-state index is 11.6. The Bertz CT molecular complexity index is 1610. The van der Waals surface area contributed by atoms with E-state index in [1.807, 2.05) is 25.1 Å². The van der Waals surface area contributed by atoms with Gasteiger partial charge in [-0.25, -0.2) is 9.78 Å². The van der Waals surface area contributed by atoms with Gasteiger partial charge in [0.05, 0.1) is 40.8 Å². The Labute approximate surface area is 242 Å². The van der Waals surface area contributed by atoms with E-state index in [-0.39, 0.29) is 11.7 Å². The molecule has 4 aromatic rings. The predicted octanol–water partition coefficient (Wildman–Crippen LogP) is 5.60. The summed E-state index contributed by atoms with van der Waals surface area (Å²) in [6.45, 7) is 5.86. The standard InChI is InChI=1S/C31H31ClN4O5/c1-31(27-8-6-21(32)16-33-27)40-26-4-2-3-23(29(26)41-31)19-9-12-35(13-10-19)18-28-34-24-7-5-20(30(37)38)15-25(24)36(28)17-22-11-14-39-22/h2-8,15-16,19,22H,9-14,17-18H2,1H3,(H,37,38). The number of carbonyl (C=O) groups is 1. The summed E-state index contributed by atoms with van der Waals surface area (Å²) in [6.07, 6.45) is 4.70. The number of halogens is 1. The first-order valence-electron chi connectivity index (χ1n) is 14.1. The summed E-state index contributed by atoms with van der Waals surface area (Å²) in [6, 6.07) is 14.9. The number of carboxylic acid groups (broad SMARTS) is 1. The fourth-order valence-electron chi connectivity index (χ4n) is 6.08. The van der Waals surface area contributed by atoms with Crippen molar-refractivity contribution in [1.82, 2.24) is 19.4 Å². The van der Waals surface area contributed by atoms with Crippen molar-refractivity contribution < 1.29 is 24.1 Å². The maximum atomic E-state index is 11.6. The smallest absolute Gasteiger partial charge is 0.335 e. The fourth-order valence-corrected chi connectivity index (χ4v) is 6.19. The number of nitrogens with zero attached hydrogens (tertiary/aromatic N) is 4. The van der Waals surface area contributed by atoms with Crippen molar-refractivity contribution >= 4 is 28.6 Å². The highest BCUT2D eigenvalue weighted by Crippen LogP contribution is 2.49. The number of imidazole rings is 1. The van der Waals surface area contributed by atoms with Gasteiger partial charge >= 0.3 is 5.97 Å². The second-order valence-corrected chi connectivity index (χ2v) is 11.6. The van der Waals surface area contributed by atoms with Crippen molar-refractivity contribution in [3.8, 4) is 11.5 Å². The molecule has 2 aromatic heterocycles. The minimum Gasteiger partial charge on any atom is -0.478 e. The molecule has 0 saturated carbocycles. The number of benzene rings is 2. The number of ether oxygens (including phenoxy) is 3. The second kappa shape index (κ2) is 10.3. The molecule has 2 atom stereocenters. The highest BCUT2D eigenvalue weighted by molar-refractivity contribution is 6.30. The summed E-state index contributed by atoms with van der Waals surface area (Å²) >= 11 is 6.04. The third-order valence-electron chi connectivity index (χ3n) is 8.45. The molecule has 0 bridgehead atoms. The molecule has 0 amide bonds. The maximum Gasteiger partial charge on any atom is 0.335 e. The summed E-state index contributed by atoms with van der Waals surface area (Å²) in [4.78, 5) is 23.4. The molecule has 7 rings (SSSR count). The largest absolute Gasteiger partial charge is 0.478 e. The Morgan fingerprint density at radius 3 is 2.66 bits per heavy atom. The molecule has 1 N–H and O–H groups in total. The monoisotopic (exact) mass is 574 g/mol. The lowest BCUT2D eigenvalue weighted by Crippen LogP contribution is -2.35. The predicted molar refractivity (Wildman–Crippen MR) is 153 cm³/mol. The van der Waals surface area contributed by atoms with Crippen LogP contribution in [-0.4, -0.2) is 56.3 Å². The average molecular weight is 575 g/mol. The van der Waals surface area contributed by atoms with E-state index in [4.69, 9.17) is 30.8 Å². The molecule has 5 heterocycles. The third kappa shape index (κ3) is 4.92. The normalized spacial score (nSPS) is 22.6. The minimum absolute atomic E-state index is 0.140. The van der Waals surface area contributed by atoms with Gasteiger partial charge in [0.1, 0.15) is 11.5 Å². The number of pyridine rings is 1. The van der Waals surface area contributed by atoms with E-state index in [1.54, 1.807) is 30.5 Å². The molecule has 9 nitrogen and oxygen atoms in total. The van der Waals surface area contributed by atoms with Crippen LogP contribution >= 0.6 is 11.6 Å². The van der Waals surface area contributed by atoms with Gasteiger partial charge in [-0.05, 0) is 74.7 Å². The molecular formula is C31H31ClN4O5. The number of aromatic nitrogens is 3. The van der Waals surface area contributed by atoms with Crippen molar-refractivity contribution in [3.63, 3.8) is 0 Å². The lowest BCUT2D eigenvalue weighted by Gasteiger charge is -2.33. The van der Waals surface area contributed by atoms with Crippen molar-refractivity contribution in [2.75, 3.05) is 19.7 Å². The fraction of sp³-hybridized carbons (Fsp3) is 0.387. The van der Waals surface area contributed by atoms with E-state index < -0.39 is 11.8 Å². The van der Waals surface area contributed by atoms with Gasteiger partial charge in [0, 0.05) is 25.3 Å². The minimum atomic E-state index is -1.01. The molecular weight excluding hydrogens is 544 g/mol. The van der Waals surface area contributed by atoms with E-state index in [0.717, 1.165) is 72.9 Å². The Morgan fingerprint density at radius 1 is 1.12 bits per heavy atom. The summed E-state index contributed by atoms with van der Waals surface area (Å²) in [5.41, 5.74) is 3.76. The molecule has 2 fully saturated rings. The van der Waals surface area contributed by atoms with E-state index >= 15 is 0 Å². The topological polar surface area (TPSA) is 98.9 Å². The number of piperidine rings is 1. The summed E-state index contributed by atoms with van der Waals surface area (Å²) in [7, 11) is 0. The number of likely N-dealkylation sites (tertiary alicyclic amines) is 1. The number of fused-ring (bicyclic) bond motifs is 2. The van der Waals surface area contributed by atoms with Gasteiger partial charge < -0.3 is 23.9 Å². The third-order valence-corrected chi connectivity index (χ3v) is 8.67. The van der Waals surface area contributed by atoms with Gasteiger partial charge in [-0.15, -0.1) is 0 Å². The number of hydrogen-bond acceptors (Lipinski definition) is 7. The van der Waals surface area contributed by atoms with E-state index in [9.17, 15) is 9.90 Å². The van der Waals surface area contributed by atoms with Crippen LogP contribution in [0.25, 0.3) is 11.0 Å². The summed E-state index contributed by atoms with van der Waals surface area (Å²) in [5.74, 6) is 0.868. The Morgan fingerprint density at radius 2 is 1.95 bits per heavy atom. The number of carboxylic acids is 1. The Hall–Kier alpha value is -3.66. The molecule has 0 radical (unpaired) electrons. The van der Waals surface area contributed by atoms with Crippen molar-refractivity contribution in [2.45, 2.75) is 57.1 Å². The molecule has 2 saturated heterocycles. The number of hydrogen-bond donors (Lipinski definition) is 1. The number of para-hydroxylation sites is 1. The molecule has 3 aliphatic heterocycles. The quantitative estimate of drug-likeness (QED) is 0.305. The molecule has 212 valence electrons. The van der Waals surface area contributed by atoms with Crippen molar-refractivity contribution in [3.05, 3.63) is 82.4 Å². The van der Waals surface area contributed by atoms with Crippen LogP contribution in [0, 0.1) is 0 Å². The van der Waals surface area contributed by atoms with Crippen LogP contribution in [-0.2, 0) is 23.6 Å². The molecule has 10 heteroatoms. The van der Waals surface area contributed by atoms with Crippen LogP contribution in [0.5, 0.6) is 11.5 Å². The van der Waals surface area contributed by atoms with Gasteiger partial charge in [-0.3, -0.25) is 9.88 Å². The zero-order valence-electron chi connectivity index (χ0n) is 22.8. The molecule has 2 unspecified atom stereocenters. The van der Waals surface area contributed by atoms with Crippen LogP contribution in [0.3, 0.4) is 0 Å². The van der Waals surface area contributed by atoms with E-state index in [1.165, 1.54) is 0 Å². The molecule has 41 heavy (non-hydrogen) atoms. The van der Waals surface area contributed by atoms with Crippen LogP contribution in [0.2, 0.25) is 5.02 Å². The molecule has 0 aliphatic carbocycles. The van der Waals surface area contributed by atoms with Crippen LogP contribution in [0.1, 0.15) is 59.5 Å². The number of aromatic carboxylic acids is 1. The zero-order valence-corrected chi connectivity index (χ0v) is 23.5. The lowest BCUT2D eigenvalue weighted by atomic mass is 9.88. The highest BCUT2D eigenvalue weighted by Gasteiger charge is 2.42. The molecule has 2 aromatic carbocycles. The van der Waals surface area contributed by atoms with Gasteiger partial charge in [0.25, 0.3) is 5.79 Å². The first-order chi connectivity index (χ1) is 19.9. The van der Waals surface area contributed by atoms with E-state index in [2.05, 4.69) is 20.5 Å². The van der Waals surface area contributed by atoms with E-state index in [0.29, 0.717) is 29.7 Å².